The topological polar surface area (TPSA) is 113 Å². The van der Waals surface area contributed by atoms with Crippen LogP contribution in [0.2, 0.25) is 0 Å². The number of carbonyl (C=O) groups excluding carboxylic acids is 1. The Bertz CT molecular complexity index is 1010. The van der Waals surface area contributed by atoms with Crippen LogP contribution in [0.25, 0.3) is 11.0 Å². The maximum atomic E-state index is 11.7. The van der Waals surface area contributed by atoms with Gasteiger partial charge in [0.2, 0.25) is 5.55 Å². The van der Waals surface area contributed by atoms with Crippen LogP contribution in [0.3, 0.4) is 0 Å². The fraction of sp³-hybridized carbons (Fsp3) is 0. The van der Waals surface area contributed by atoms with Gasteiger partial charge in [0.15, 0.2) is 0 Å². The number of primary amides is 1. The molecule has 6 heteroatoms. The molecule has 0 aliphatic rings. The van der Waals surface area contributed by atoms with E-state index in [0.717, 1.165) is 0 Å². The Morgan fingerprint density at radius 3 is 2.57 bits per heavy atom. The molecule has 0 unspecified atom stereocenters. The molecule has 0 radical (unpaired) electrons. The molecule has 0 spiro atoms. The van der Waals surface area contributed by atoms with Crippen LogP contribution < -0.4 is 11.3 Å². The lowest BCUT2D eigenvalue weighted by atomic mass is 10.1. The molecule has 0 saturated carbocycles. The monoisotopic (exact) mass is 305 g/mol. The predicted octanol–water partition coefficient (Wildman–Crippen LogP) is 2.34. The van der Waals surface area contributed by atoms with Crippen molar-refractivity contribution >= 4 is 22.6 Å². The molecular weight excluding hydrogens is 294 g/mol. The van der Waals surface area contributed by atoms with Crippen LogP contribution in [0.15, 0.2) is 57.9 Å². The first-order chi connectivity index (χ1) is 11.1. The molecular formula is C17H11N3O3. The summed E-state index contributed by atoms with van der Waals surface area (Å²) in [5, 5.41) is 18.8. The first kappa shape index (κ1) is 14.4. The number of benzene rings is 2. The van der Waals surface area contributed by atoms with E-state index in [9.17, 15) is 9.90 Å². The van der Waals surface area contributed by atoms with Gasteiger partial charge in [-0.15, -0.1) is 0 Å². The Morgan fingerprint density at radius 2 is 1.91 bits per heavy atom. The number of hydrogen-bond donors (Lipinski definition) is 2. The molecule has 0 aliphatic heterocycles. The molecule has 3 aromatic rings. The number of rotatable bonds is 2. The van der Waals surface area contributed by atoms with Crippen LogP contribution in [0.5, 0.6) is 5.75 Å². The first-order valence-corrected chi connectivity index (χ1v) is 6.68. The second-order valence-electron chi connectivity index (χ2n) is 4.82. The van der Waals surface area contributed by atoms with E-state index in [1.807, 2.05) is 6.07 Å². The fourth-order valence-corrected chi connectivity index (χ4v) is 2.10. The van der Waals surface area contributed by atoms with Crippen LogP contribution in [0.1, 0.15) is 15.9 Å². The third-order valence-electron chi connectivity index (χ3n) is 3.22. The summed E-state index contributed by atoms with van der Waals surface area (Å²) in [5.41, 5.74) is 7.00. The number of hydrogen-bond acceptors (Lipinski definition) is 5. The highest BCUT2D eigenvalue weighted by Crippen LogP contribution is 2.18. The molecule has 0 aliphatic carbocycles. The Labute approximate surface area is 130 Å². The van der Waals surface area contributed by atoms with Crippen LogP contribution >= 0.6 is 0 Å². The van der Waals surface area contributed by atoms with Crippen molar-refractivity contribution in [3.8, 4) is 11.8 Å². The van der Waals surface area contributed by atoms with Crippen LogP contribution in [0.4, 0.5) is 5.69 Å². The molecule has 3 N–H and O–H groups in total. The van der Waals surface area contributed by atoms with Crippen molar-refractivity contribution in [3.63, 3.8) is 0 Å². The normalized spacial score (nSPS) is 11.3. The first-order valence-electron chi connectivity index (χ1n) is 6.68. The van der Waals surface area contributed by atoms with Crippen molar-refractivity contribution in [1.82, 2.24) is 0 Å². The van der Waals surface area contributed by atoms with E-state index < -0.39 is 5.91 Å². The van der Waals surface area contributed by atoms with Gasteiger partial charge < -0.3 is 15.3 Å². The van der Waals surface area contributed by atoms with Crippen molar-refractivity contribution in [2.24, 2.45) is 10.7 Å². The Morgan fingerprint density at radius 1 is 1.17 bits per heavy atom. The molecule has 0 fully saturated rings. The highest BCUT2D eigenvalue weighted by Gasteiger charge is 2.10. The van der Waals surface area contributed by atoms with Gasteiger partial charge in [0.25, 0.3) is 5.91 Å². The second kappa shape index (κ2) is 5.66. The predicted molar refractivity (Wildman–Crippen MR) is 82.8 cm³/mol. The largest absolute Gasteiger partial charge is 0.508 e. The SMILES string of the molecule is N#Cc1ccc2oc(=Nc3ccc(O)cc3)c(C(N)=O)cc2c1. The van der Waals surface area contributed by atoms with Crippen LogP contribution in [-0.4, -0.2) is 11.0 Å². The number of carbonyl (C=O) groups is 1. The second-order valence-corrected chi connectivity index (χ2v) is 4.82. The average molecular weight is 305 g/mol. The summed E-state index contributed by atoms with van der Waals surface area (Å²) in [6.45, 7) is 0. The summed E-state index contributed by atoms with van der Waals surface area (Å²) in [6, 6.07) is 14.5. The molecule has 1 aromatic heterocycles. The number of fused-ring (bicyclic) bond motifs is 1. The van der Waals surface area contributed by atoms with E-state index >= 15 is 0 Å². The van der Waals surface area contributed by atoms with E-state index in [4.69, 9.17) is 15.4 Å². The number of nitrogens with zero attached hydrogens (tertiary/aromatic N) is 2. The van der Waals surface area contributed by atoms with Crippen molar-refractivity contribution in [1.29, 1.82) is 5.26 Å². The number of aromatic hydroxyl groups is 1. The van der Waals surface area contributed by atoms with E-state index in [1.54, 1.807) is 36.4 Å². The summed E-state index contributed by atoms with van der Waals surface area (Å²) in [4.78, 5) is 15.9. The summed E-state index contributed by atoms with van der Waals surface area (Å²) >= 11 is 0. The maximum Gasteiger partial charge on any atom is 0.254 e. The molecule has 3 rings (SSSR count). The van der Waals surface area contributed by atoms with Gasteiger partial charge in [-0.2, -0.15) is 5.26 Å². The highest BCUT2D eigenvalue weighted by atomic mass is 16.3. The van der Waals surface area contributed by atoms with Gasteiger partial charge in [-0.05, 0) is 48.5 Å². The molecule has 1 heterocycles. The number of phenols is 1. The third kappa shape index (κ3) is 2.89. The lowest BCUT2D eigenvalue weighted by Crippen LogP contribution is -2.21. The summed E-state index contributed by atoms with van der Waals surface area (Å²) in [6.07, 6.45) is 0. The number of phenolic OH excluding ortho intramolecular Hbond substituents is 1. The minimum Gasteiger partial charge on any atom is -0.508 e. The van der Waals surface area contributed by atoms with E-state index in [2.05, 4.69) is 4.99 Å². The smallest absolute Gasteiger partial charge is 0.254 e. The number of nitrogens with two attached hydrogens (primary N) is 1. The molecule has 0 bridgehead atoms. The fourth-order valence-electron chi connectivity index (χ4n) is 2.10. The zero-order valence-electron chi connectivity index (χ0n) is 11.9. The van der Waals surface area contributed by atoms with Gasteiger partial charge in [-0.25, -0.2) is 4.99 Å². The maximum absolute atomic E-state index is 11.7. The lowest BCUT2D eigenvalue weighted by Gasteiger charge is -2.02. The van der Waals surface area contributed by atoms with Gasteiger partial charge >= 0.3 is 0 Å². The van der Waals surface area contributed by atoms with Gasteiger partial charge in [-0.1, -0.05) is 0 Å². The molecule has 112 valence electrons. The average Bonchev–Trinajstić information content (AvgIpc) is 2.55. The van der Waals surface area contributed by atoms with Crippen LogP contribution in [0, 0.1) is 11.3 Å². The minimum atomic E-state index is -0.685. The molecule has 0 saturated heterocycles. The van der Waals surface area contributed by atoms with Gasteiger partial charge in [0.05, 0.1) is 17.3 Å². The van der Waals surface area contributed by atoms with Crippen molar-refractivity contribution in [3.05, 3.63) is 65.2 Å². The summed E-state index contributed by atoms with van der Waals surface area (Å²) < 4.78 is 5.65. The van der Waals surface area contributed by atoms with Crippen molar-refractivity contribution in [2.45, 2.75) is 0 Å². The quantitative estimate of drug-likeness (QED) is 0.756. The zero-order chi connectivity index (χ0) is 16.4. The summed E-state index contributed by atoms with van der Waals surface area (Å²) in [5.74, 6) is -0.575. The molecule has 1 amide bonds. The van der Waals surface area contributed by atoms with Gasteiger partial charge in [0.1, 0.15) is 16.9 Å². The molecule has 0 atom stereocenters. The van der Waals surface area contributed by atoms with Crippen LogP contribution in [-0.2, 0) is 0 Å². The molecule has 23 heavy (non-hydrogen) atoms. The minimum absolute atomic E-state index is 0.0698. The van der Waals surface area contributed by atoms with Crippen molar-refractivity contribution in [2.75, 3.05) is 0 Å². The Balaban J connectivity index is 2.26. The molecule has 6 nitrogen and oxygen atoms in total. The summed E-state index contributed by atoms with van der Waals surface area (Å²) in [7, 11) is 0. The van der Waals surface area contributed by atoms with Gasteiger partial charge in [0, 0.05) is 5.39 Å². The Hall–Kier alpha value is -3.59. The standard InChI is InChI=1S/C17H11N3O3/c18-9-10-1-6-15-11(7-10)8-14(16(19)22)17(23-15)20-12-2-4-13(21)5-3-12/h1-8,21H,(H2,19,22). The molecule has 2 aromatic carbocycles. The lowest BCUT2D eigenvalue weighted by molar-refractivity contribution is 0.0996. The highest BCUT2D eigenvalue weighted by molar-refractivity contribution is 5.95. The van der Waals surface area contributed by atoms with E-state index in [-0.39, 0.29) is 16.9 Å². The van der Waals surface area contributed by atoms with E-state index in [1.165, 1.54) is 12.1 Å². The van der Waals surface area contributed by atoms with E-state index in [0.29, 0.717) is 22.2 Å². The van der Waals surface area contributed by atoms with Crippen molar-refractivity contribution < 1.29 is 14.3 Å². The zero-order valence-corrected chi connectivity index (χ0v) is 11.9. The number of nitriles is 1. The third-order valence-corrected chi connectivity index (χ3v) is 3.22. The Kier molecular flexibility index (Phi) is 3.53. The van der Waals surface area contributed by atoms with Gasteiger partial charge in [-0.3, -0.25) is 4.79 Å². The number of amides is 1.